The Morgan fingerprint density at radius 3 is 2.30 bits per heavy atom. The average molecular weight is 281 g/mol. The maximum atomic E-state index is 13.1. The lowest BCUT2D eigenvalue weighted by Gasteiger charge is -2.36. The number of hydrogen-bond acceptors (Lipinski definition) is 2. The second-order valence-corrected chi connectivity index (χ2v) is 6.12. The lowest BCUT2D eigenvalue weighted by molar-refractivity contribution is 0.0461. The lowest BCUT2D eigenvalue weighted by Crippen LogP contribution is -2.48. The number of benzene rings is 1. The van der Waals surface area contributed by atoms with Gasteiger partial charge in [0.05, 0.1) is 12.7 Å². The van der Waals surface area contributed by atoms with Gasteiger partial charge in [-0.2, -0.15) is 0 Å². The highest BCUT2D eigenvalue weighted by Crippen LogP contribution is 2.28. The number of halogens is 1. The fraction of sp³-hybridized carbons (Fsp3) is 0.647. The molecule has 0 radical (unpaired) electrons. The second kappa shape index (κ2) is 7.75. The van der Waals surface area contributed by atoms with Crippen molar-refractivity contribution in [3.63, 3.8) is 0 Å². The van der Waals surface area contributed by atoms with Gasteiger partial charge < -0.3 is 10.1 Å². The molecule has 0 bridgehead atoms. The Kier molecular flexibility index (Phi) is 6.63. The van der Waals surface area contributed by atoms with E-state index in [2.05, 4.69) is 26.1 Å². The molecular weight excluding hydrogens is 253 g/mol. The van der Waals surface area contributed by atoms with Gasteiger partial charge >= 0.3 is 0 Å². The maximum absolute atomic E-state index is 13.1. The minimum Gasteiger partial charge on any atom is -0.377 e. The Morgan fingerprint density at radius 1 is 1.20 bits per heavy atom. The monoisotopic (exact) mass is 281 g/mol. The van der Waals surface area contributed by atoms with E-state index in [9.17, 15) is 4.39 Å². The van der Waals surface area contributed by atoms with Crippen LogP contribution in [0.2, 0.25) is 0 Å². The molecule has 3 heteroatoms. The standard InChI is InChI=1S/C17H28FNO/c1-6-11-19-16(12-20-13(2)3)17(4,5)14-7-9-15(18)10-8-14/h7-10,13,16,19H,6,11-12H2,1-5H3. The van der Waals surface area contributed by atoms with E-state index in [0.717, 1.165) is 18.5 Å². The van der Waals surface area contributed by atoms with Crippen molar-refractivity contribution >= 4 is 0 Å². The van der Waals surface area contributed by atoms with E-state index >= 15 is 0 Å². The molecule has 1 rings (SSSR count). The summed E-state index contributed by atoms with van der Waals surface area (Å²) in [5.74, 6) is -0.193. The van der Waals surface area contributed by atoms with Gasteiger partial charge in [-0.05, 0) is 44.5 Å². The van der Waals surface area contributed by atoms with E-state index in [4.69, 9.17) is 4.74 Å². The molecule has 1 unspecified atom stereocenters. The molecule has 1 atom stereocenters. The molecule has 1 aromatic rings. The normalized spacial score (nSPS) is 13.8. The van der Waals surface area contributed by atoms with E-state index in [0.29, 0.717) is 6.61 Å². The molecule has 1 N–H and O–H groups in total. The van der Waals surface area contributed by atoms with Crippen LogP contribution in [0.3, 0.4) is 0 Å². The fourth-order valence-corrected chi connectivity index (χ4v) is 2.21. The highest BCUT2D eigenvalue weighted by molar-refractivity contribution is 5.26. The number of hydrogen-bond donors (Lipinski definition) is 1. The fourth-order valence-electron chi connectivity index (χ4n) is 2.21. The summed E-state index contributed by atoms with van der Waals surface area (Å²) in [6.07, 6.45) is 1.29. The maximum Gasteiger partial charge on any atom is 0.123 e. The van der Waals surface area contributed by atoms with Gasteiger partial charge in [-0.25, -0.2) is 4.39 Å². The second-order valence-electron chi connectivity index (χ2n) is 6.12. The van der Waals surface area contributed by atoms with E-state index in [1.165, 1.54) is 12.1 Å². The molecule has 0 saturated heterocycles. The highest BCUT2D eigenvalue weighted by atomic mass is 19.1. The van der Waals surface area contributed by atoms with E-state index in [1.54, 1.807) is 0 Å². The van der Waals surface area contributed by atoms with Crippen LogP contribution < -0.4 is 5.32 Å². The third-order valence-corrected chi connectivity index (χ3v) is 3.70. The topological polar surface area (TPSA) is 21.3 Å². The van der Waals surface area contributed by atoms with Gasteiger partial charge in [-0.15, -0.1) is 0 Å². The summed E-state index contributed by atoms with van der Waals surface area (Å²) < 4.78 is 18.9. The Bertz CT molecular complexity index is 386. The van der Waals surface area contributed by atoms with Crippen molar-refractivity contribution in [1.82, 2.24) is 5.32 Å². The molecule has 2 nitrogen and oxygen atoms in total. The number of nitrogens with one attached hydrogen (secondary N) is 1. The van der Waals surface area contributed by atoms with Gasteiger partial charge in [-0.3, -0.25) is 0 Å². The zero-order chi connectivity index (χ0) is 15.2. The Hall–Kier alpha value is -0.930. The summed E-state index contributed by atoms with van der Waals surface area (Å²) in [5, 5.41) is 3.56. The quantitative estimate of drug-likeness (QED) is 0.780. The molecule has 0 aromatic heterocycles. The summed E-state index contributed by atoms with van der Waals surface area (Å²) in [5.41, 5.74) is 1.01. The van der Waals surface area contributed by atoms with Crippen molar-refractivity contribution in [2.45, 2.75) is 58.6 Å². The van der Waals surface area contributed by atoms with Crippen LogP contribution in [0.4, 0.5) is 4.39 Å². The van der Waals surface area contributed by atoms with Gasteiger partial charge in [0.1, 0.15) is 5.82 Å². The third kappa shape index (κ3) is 4.88. The predicted molar refractivity (Wildman–Crippen MR) is 82.6 cm³/mol. The van der Waals surface area contributed by atoms with Gasteiger partial charge in [0.2, 0.25) is 0 Å². The highest BCUT2D eigenvalue weighted by Gasteiger charge is 2.31. The number of ether oxygens (including phenoxy) is 1. The molecule has 20 heavy (non-hydrogen) atoms. The van der Waals surface area contributed by atoms with Crippen molar-refractivity contribution in [2.24, 2.45) is 0 Å². The van der Waals surface area contributed by atoms with Crippen LogP contribution >= 0.6 is 0 Å². The Balaban J connectivity index is 2.87. The van der Waals surface area contributed by atoms with Crippen molar-refractivity contribution in [1.29, 1.82) is 0 Å². The smallest absolute Gasteiger partial charge is 0.123 e. The minimum absolute atomic E-state index is 0.113. The molecule has 0 amide bonds. The van der Waals surface area contributed by atoms with Gasteiger partial charge in [0.15, 0.2) is 0 Å². The molecule has 0 fully saturated rings. The summed E-state index contributed by atoms with van der Waals surface area (Å²) in [6.45, 7) is 12.2. The first-order valence-corrected chi connectivity index (χ1v) is 7.49. The van der Waals surface area contributed by atoms with Gasteiger partial charge in [-0.1, -0.05) is 32.9 Å². The SMILES string of the molecule is CCCNC(COC(C)C)C(C)(C)c1ccc(F)cc1. The molecular formula is C17H28FNO. The Labute approximate surface area is 122 Å². The number of rotatable bonds is 8. The molecule has 0 aliphatic rings. The van der Waals surface area contributed by atoms with Crippen LogP contribution in [-0.4, -0.2) is 25.3 Å². The summed E-state index contributed by atoms with van der Waals surface area (Å²) in [7, 11) is 0. The predicted octanol–water partition coefficient (Wildman–Crippen LogP) is 3.90. The molecule has 0 heterocycles. The van der Waals surface area contributed by atoms with Crippen LogP contribution in [0, 0.1) is 5.82 Å². The molecule has 0 aliphatic heterocycles. The Morgan fingerprint density at radius 2 is 1.80 bits per heavy atom. The minimum atomic E-state index is -0.193. The molecule has 0 saturated carbocycles. The van der Waals surface area contributed by atoms with Crippen LogP contribution in [0.15, 0.2) is 24.3 Å². The van der Waals surface area contributed by atoms with Crippen LogP contribution in [-0.2, 0) is 10.2 Å². The first kappa shape index (κ1) is 17.1. The first-order chi connectivity index (χ1) is 9.37. The molecule has 114 valence electrons. The molecule has 1 aromatic carbocycles. The van der Waals surface area contributed by atoms with E-state index in [-0.39, 0.29) is 23.4 Å². The third-order valence-electron chi connectivity index (χ3n) is 3.70. The average Bonchev–Trinajstić information content (AvgIpc) is 2.38. The van der Waals surface area contributed by atoms with Crippen LogP contribution in [0.1, 0.15) is 46.6 Å². The van der Waals surface area contributed by atoms with E-state index in [1.807, 2.05) is 26.0 Å². The summed E-state index contributed by atoms with van der Waals surface area (Å²) in [6, 6.07) is 6.99. The molecule has 0 aliphatic carbocycles. The largest absolute Gasteiger partial charge is 0.377 e. The zero-order valence-electron chi connectivity index (χ0n) is 13.4. The van der Waals surface area contributed by atoms with E-state index < -0.39 is 0 Å². The first-order valence-electron chi connectivity index (χ1n) is 7.49. The summed E-state index contributed by atoms with van der Waals surface area (Å²) >= 11 is 0. The van der Waals surface area contributed by atoms with Crippen molar-refractivity contribution in [3.05, 3.63) is 35.6 Å². The summed E-state index contributed by atoms with van der Waals surface area (Å²) in [4.78, 5) is 0. The molecule has 0 spiro atoms. The van der Waals surface area contributed by atoms with Crippen LogP contribution in [0.5, 0.6) is 0 Å². The van der Waals surface area contributed by atoms with Crippen molar-refractivity contribution < 1.29 is 9.13 Å². The zero-order valence-corrected chi connectivity index (χ0v) is 13.4. The van der Waals surface area contributed by atoms with Crippen molar-refractivity contribution in [3.8, 4) is 0 Å². The van der Waals surface area contributed by atoms with Crippen LogP contribution in [0.25, 0.3) is 0 Å². The van der Waals surface area contributed by atoms with Gasteiger partial charge in [0.25, 0.3) is 0 Å². The lowest BCUT2D eigenvalue weighted by atomic mass is 9.78. The van der Waals surface area contributed by atoms with Gasteiger partial charge in [0, 0.05) is 11.5 Å². The van der Waals surface area contributed by atoms with Crippen molar-refractivity contribution in [2.75, 3.05) is 13.2 Å².